The van der Waals surface area contributed by atoms with E-state index in [1.54, 1.807) is 24.4 Å². The van der Waals surface area contributed by atoms with Crippen molar-refractivity contribution in [2.24, 2.45) is 5.41 Å². The minimum absolute atomic E-state index is 0.00861. The summed E-state index contributed by atoms with van der Waals surface area (Å²) in [5, 5.41) is 17.1. The number of allylic oxidation sites excluding steroid dienone is 1. The molecule has 0 spiro atoms. The van der Waals surface area contributed by atoms with Crippen LogP contribution >= 0.6 is 18.7 Å². The Balaban J connectivity index is 0.918. The van der Waals surface area contributed by atoms with Gasteiger partial charge in [-0.2, -0.15) is 0 Å². The van der Waals surface area contributed by atoms with Crippen molar-refractivity contribution >= 4 is 68.3 Å². The average molecular weight is 972 g/mol. The van der Waals surface area contributed by atoms with Gasteiger partial charge in [-0.05, 0) is 85.3 Å². The number of rotatable bonds is 13. The molecular weight excluding hydrogens is 915 g/mol. The highest BCUT2D eigenvalue weighted by atomic mass is 35.5. The topological polar surface area (TPSA) is 192 Å². The number of anilines is 2. The second-order valence-corrected chi connectivity index (χ2v) is 24.7. The van der Waals surface area contributed by atoms with Crippen molar-refractivity contribution in [3.05, 3.63) is 111 Å². The first kappa shape index (κ1) is 46.7. The molecule has 2 saturated heterocycles. The molecule has 354 valence electrons. The van der Waals surface area contributed by atoms with Crippen molar-refractivity contribution in [2.75, 3.05) is 88.2 Å². The van der Waals surface area contributed by atoms with Gasteiger partial charge in [0.2, 0.25) is 0 Å². The Bertz CT molecular complexity index is 2890. The third-order valence-corrected chi connectivity index (χ3v) is 17.3. The molecule has 16 nitrogen and oxygen atoms in total. The van der Waals surface area contributed by atoms with Crippen LogP contribution in [0.1, 0.15) is 55.5 Å². The fourth-order valence-corrected chi connectivity index (χ4v) is 12.2. The molecule has 5 heterocycles. The smallest absolute Gasteiger partial charge is 0.297 e. The van der Waals surface area contributed by atoms with Gasteiger partial charge in [0, 0.05) is 105 Å². The molecule has 5 aromatic rings. The van der Waals surface area contributed by atoms with Gasteiger partial charge in [0.25, 0.3) is 21.6 Å². The molecule has 3 N–H and O–H groups in total. The van der Waals surface area contributed by atoms with Gasteiger partial charge in [-0.15, -0.1) is 0 Å². The van der Waals surface area contributed by atoms with Crippen LogP contribution in [0.5, 0.6) is 17.2 Å². The van der Waals surface area contributed by atoms with Crippen LogP contribution < -0.4 is 24.4 Å². The number of piperazine rings is 1. The number of hydrogen-bond donors (Lipinski definition) is 3. The number of benzene rings is 3. The molecule has 1 aliphatic carbocycles. The number of nitro benzene ring substituents is 1. The van der Waals surface area contributed by atoms with E-state index in [9.17, 15) is 27.9 Å². The van der Waals surface area contributed by atoms with Crippen molar-refractivity contribution in [3.63, 3.8) is 0 Å². The van der Waals surface area contributed by atoms with Crippen molar-refractivity contribution in [1.82, 2.24) is 24.5 Å². The van der Waals surface area contributed by atoms with Crippen molar-refractivity contribution < 1.29 is 32.2 Å². The lowest BCUT2D eigenvalue weighted by atomic mass is 9.72. The summed E-state index contributed by atoms with van der Waals surface area (Å²) >= 11 is 6.25. The molecule has 0 bridgehead atoms. The maximum Gasteiger partial charge on any atom is 0.297 e. The van der Waals surface area contributed by atoms with Gasteiger partial charge in [0.1, 0.15) is 23.8 Å². The predicted octanol–water partition coefficient (Wildman–Crippen LogP) is 8.69. The molecule has 2 fully saturated rings. The number of nitro groups is 1. The molecule has 1 atom stereocenters. The molecular formula is C48H56ClN8O8PS. The minimum Gasteiger partial charge on any atom is -0.489 e. The fraction of sp³-hybridized carbons (Fsp3) is 0.417. The molecule has 4 aliphatic rings. The zero-order chi connectivity index (χ0) is 47.1. The number of aromatic amines is 1. The molecule has 3 aromatic carbocycles. The Hall–Kier alpha value is -5.45. The molecule has 19 heteroatoms. The monoisotopic (exact) mass is 970 g/mol. The number of ether oxygens (including phenoxy) is 2. The van der Waals surface area contributed by atoms with E-state index < -0.39 is 38.6 Å². The first-order chi connectivity index (χ1) is 32.0. The first-order valence-corrected chi connectivity index (χ1v) is 27.1. The normalized spacial score (nSPS) is 19.9. The van der Waals surface area contributed by atoms with Crippen LogP contribution in [0.25, 0.3) is 16.6 Å². The van der Waals surface area contributed by atoms with Crippen molar-refractivity contribution in [2.45, 2.75) is 50.5 Å². The fourth-order valence-electron chi connectivity index (χ4n) is 9.43. The lowest BCUT2D eigenvalue weighted by Gasteiger charge is -2.39. The van der Waals surface area contributed by atoms with Crippen LogP contribution in [-0.4, -0.2) is 123 Å². The number of hydrogen-bond acceptors (Lipinski definition) is 13. The number of H-pyrrole nitrogens is 1. The number of nitrogens with zero attached hydrogens (tertiary/aromatic N) is 5. The standard InChI is InChI=1S/C48H56ClN8O8PS/c1-48(2)13-10-34(41(28-48)32-4-6-35(49)7-5-32)30-55-16-18-56(19-17-55)37-8-9-40(43(25-37)65-38-24-33-11-14-50-46(33)51-29-38)47(58)53-67(62,63)39-26-42(57(59)60)45-44(27-39)64-31-36(52-45)12-15-54-20-22-66(3,61)23-21-54/h4-9,11,14,24-27,29,36,52H,10,12-13,15-23,28,30-31H2,1-3H3,(H,50,51)(H,53,58)/t36-/m1/s1. The Morgan fingerprint density at radius 3 is 2.54 bits per heavy atom. The number of aromatic nitrogens is 2. The Labute approximate surface area is 395 Å². The van der Waals surface area contributed by atoms with E-state index in [1.165, 1.54) is 35.0 Å². The predicted molar refractivity (Wildman–Crippen MR) is 262 cm³/mol. The number of nitrogens with one attached hydrogen (secondary N) is 3. The number of carbonyl (C=O) groups excluding carboxylic acids is 1. The number of carbonyl (C=O) groups is 1. The van der Waals surface area contributed by atoms with Crippen LogP contribution in [0.15, 0.2) is 89.6 Å². The van der Waals surface area contributed by atoms with Gasteiger partial charge in [0.15, 0.2) is 11.4 Å². The van der Waals surface area contributed by atoms with E-state index >= 15 is 0 Å². The molecule has 2 aromatic heterocycles. The number of fused-ring (bicyclic) bond motifs is 2. The number of halogens is 1. The molecule has 9 rings (SSSR count). The van der Waals surface area contributed by atoms with Crippen LogP contribution in [0.3, 0.4) is 0 Å². The average Bonchev–Trinajstić information content (AvgIpc) is 3.77. The summed E-state index contributed by atoms with van der Waals surface area (Å²) in [5.74, 6) is -0.553. The molecule has 0 saturated carbocycles. The zero-order valence-corrected chi connectivity index (χ0v) is 40.4. The highest BCUT2D eigenvalue weighted by Crippen LogP contribution is 2.45. The highest BCUT2D eigenvalue weighted by Gasteiger charge is 2.34. The Morgan fingerprint density at radius 1 is 1.03 bits per heavy atom. The first-order valence-electron chi connectivity index (χ1n) is 22.7. The minimum atomic E-state index is -4.67. The summed E-state index contributed by atoms with van der Waals surface area (Å²) in [6, 6.07) is 18.6. The van der Waals surface area contributed by atoms with Crippen LogP contribution in [0.4, 0.5) is 17.1 Å². The highest BCUT2D eigenvalue weighted by molar-refractivity contribution is 7.90. The van der Waals surface area contributed by atoms with Gasteiger partial charge in [-0.25, -0.2) is 18.1 Å². The maximum atomic E-state index is 14.1. The number of pyridine rings is 1. The summed E-state index contributed by atoms with van der Waals surface area (Å²) in [6.07, 6.45) is 8.38. The van der Waals surface area contributed by atoms with Gasteiger partial charge in [0.05, 0.1) is 34.8 Å². The van der Waals surface area contributed by atoms with Crippen molar-refractivity contribution in [1.29, 1.82) is 0 Å². The summed E-state index contributed by atoms with van der Waals surface area (Å²) in [6.45, 7) is 12.7. The van der Waals surface area contributed by atoms with Gasteiger partial charge in [-0.3, -0.25) is 19.8 Å². The van der Waals surface area contributed by atoms with Gasteiger partial charge in [-0.1, -0.05) is 43.2 Å². The third-order valence-electron chi connectivity index (χ3n) is 13.5. The summed E-state index contributed by atoms with van der Waals surface area (Å²) in [7, 11) is -6.76. The largest absolute Gasteiger partial charge is 0.489 e. The Kier molecular flexibility index (Phi) is 13.2. The van der Waals surface area contributed by atoms with E-state index in [-0.39, 0.29) is 40.8 Å². The molecule has 67 heavy (non-hydrogen) atoms. The second-order valence-electron chi connectivity index (χ2n) is 19.1. The van der Waals surface area contributed by atoms with Crippen LogP contribution in [0.2, 0.25) is 5.02 Å². The van der Waals surface area contributed by atoms with Gasteiger partial charge >= 0.3 is 0 Å². The number of sulfonamides is 1. The number of amides is 1. The SMILES string of the molecule is CC1(C)CCC(CN2CCN(c3ccc(C(=O)NS(=O)(=O)c4cc5c(c([N+](=O)[O-])c4)N[C@H](CCN4CCP(C)(=O)CC4)CO5)c(Oc4cnc5[nH]ccc5c4)c3)CC2)=C(c2ccc(Cl)cc2)C1. The zero-order valence-electron chi connectivity index (χ0n) is 37.9. The molecule has 0 radical (unpaired) electrons. The Morgan fingerprint density at radius 2 is 1.79 bits per heavy atom. The van der Waals surface area contributed by atoms with Crippen LogP contribution in [-0.2, 0) is 14.6 Å². The third kappa shape index (κ3) is 10.8. The summed E-state index contributed by atoms with van der Waals surface area (Å²) in [4.78, 5) is 39.7. The molecule has 0 unspecified atom stereocenters. The van der Waals surface area contributed by atoms with Gasteiger partial charge < -0.3 is 34.1 Å². The summed E-state index contributed by atoms with van der Waals surface area (Å²) < 4.78 is 54.7. The van der Waals surface area contributed by atoms with E-state index in [4.69, 9.17) is 21.1 Å². The van der Waals surface area contributed by atoms with Crippen LogP contribution in [0, 0.1) is 15.5 Å². The van der Waals surface area contributed by atoms with E-state index in [0.29, 0.717) is 49.8 Å². The molecule has 1 amide bonds. The molecule has 3 aliphatic heterocycles. The van der Waals surface area contributed by atoms with E-state index in [2.05, 4.69) is 60.7 Å². The van der Waals surface area contributed by atoms with E-state index in [1.807, 2.05) is 24.9 Å². The lowest BCUT2D eigenvalue weighted by Crippen LogP contribution is -2.47. The summed E-state index contributed by atoms with van der Waals surface area (Å²) in [5.41, 5.74) is 5.25. The van der Waals surface area contributed by atoms with E-state index in [0.717, 1.165) is 74.1 Å². The quantitative estimate of drug-likeness (QED) is 0.0577. The second kappa shape index (κ2) is 18.9. The maximum absolute atomic E-state index is 14.1. The lowest BCUT2D eigenvalue weighted by molar-refractivity contribution is -0.384. The van der Waals surface area contributed by atoms with Crippen molar-refractivity contribution in [3.8, 4) is 17.2 Å².